The van der Waals surface area contributed by atoms with Gasteiger partial charge in [-0.2, -0.15) is 0 Å². The number of carbonyl (C=O) groups is 1. The van der Waals surface area contributed by atoms with Crippen LogP contribution in [-0.4, -0.2) is 23.6 Å². The van der Waals surface area contributed by atoms with Crippen LogP contribution in [-0.2, 0) is 4.79 Å². The lowest BCUT2D eigenvalue weighted by atomic mass is 10.2. The number of thioether (sulfide) groups is 1. The molecule has 0 radical (unpaired) electrons. The summed E-state index contributed by atoms with van der Waals surface area (Å²) < 4.78 is 0. The molecule has 0 fully saturated rings. The predicted molar refractivity (Wildman–Crippen MR) is 64.8 cm³/mol. The van der Waals surface area contributed by atoms with Crippen LogP contribution in [0.1, 0.15) is 6.92 Å². The quantitative estimate of drug-likeness (QED) is 0.705. The highest BCUT2D eigenvalue weighted by Crippen LogP contribution is 2.34. The highest BCUT2D eigenvalue weighted by Gasteiger charge is 2.24. The van der Waals surface area contributed by atoms with Crippen molar-refractivity contribution in [1.82, 2.24) is 0 Å². The van der Waals surface area contributed by atoms with Crippen LogP contribution in [0.15, 0.2) is 29.2 Å². The van der Waals surface area contributed by atoms with Crippen LogP contribution in [0.3, 0.4) is 0 Å². The van der Waals surface area contributed by atoms with Crippen molar-refractivity contribution in [3.63, 3.8) is 0 Å². The smallest absolute Gasteiger partial charge is 0.244 e. The van der Waals surface area contributed by atoms with Crippen molar-refractivity contribution in [3.8, 4) is 0 Å². The molecule has 15 heavy (non-hydrogen) atoms. The minimum atomic E-state index is -0.457. The third-order valence-electron chi connectivity index (χ3n) is 2.33. The number of carbonyl (C=O) groups excluding carboxylic acids is 1. The molecule has 0 saturated heterocycles. The molecule has 2 rings (SSSR count). The molecule has 80 valence electrons. The summed E-state index contributed by atoms with van der Waals surface area (Å²) in [6.45, 7) is 2.46. The number of para-hydroxylation sites is 1. The van der Waals surface area contributed by atoms with Gasteiger partial charge in [-0.3, -0.25) is 4.79 Å². The average Bonchev–Trinajstić information content (AvgIpc) is 2.27. The molecule has 0 N–H and O–H groups in total. The second kappa shape index (κ2) is 4.45. The third-order valence-corrected chi connectivity index (χ3v) is 3.56. The van der Waals surface area contributed by atoms with Crippen molar-refractivity contribution < 1.29 is 4.79 Å². The van der Waals surface area contributed by atoms with E-state index in [1.807, 2.05) is 24.3 Å². The first-order valence-electron chi connectivity index (χ1n) is 4.87. The summed E-state index contributed by atoms with van der Waals surface area (Å²) in [6, 6.07) is 7.95. The number of fused-ring (bicyclic) bond motifs is 1. The molecule has 1 aromatic rings. The first kappa shape index (κ1) is 10.8. The van der Waals surface area contributed by atoms with Crippen LogP contribution in [0.25, 0.3) is 0 Å². The van der Waals surface area contributed by atoms with Gasteiger partial charge in [-0.15, -0.1) is 23.4 Å². The lowest BCUT2D eigenvalue weighted by Crippen LogP contribution is -2.39. The first-order chi connectivity index (χ1) is 7.20. The van der Waals surface area contributed by atoms with E-state index in [-0.39, 0.29) is 5.91 Å². The standard InChI is InChI=1S/C11H12ClNOS/c1-8(12)11(14)13-6-7-15-10-5-3-2-4-9(10)13/h2-5,8H,6-7H2,1H3/t8-/m0/s1. The zero-order valence-electron chi connectivity index (χ0n) is 8.44. The molecule has 1 aliphatic rings. The fraction of sp³-hybridized carbons (Fsp3) is 0.364. The van der Waals surface area contributed by atoms with Crippen LogP contribution < -0.4 is 4.90 Å². The van der Waals surface area contributed by atoms with E-state index in [9.17, 15) is 4.79 Å². The fourth-order valence-corrected chi connectivity index (χ4v) is 2.73. The fourth-order valence-electron chi connectivity index (χ4n) is 1.61. The zero-order chi connectivity index (χ0) is 10.8. The zero-order valence-corrected chi connectivity index (χ0v) is 10.0. The lowest BCUT2D eigenvalue weighted by Gasteiger charge is -2.29. The van der Waals surface area contributed by atoms with E-state index in [0.717, 1.165) is 22.9 Å². The Kier molecular flexibility index (Phi) is 3.22. The molecule has 0 aliphatic carbocycles. The Morgan fingerprint density at radius 3 is 3.00 bits per heavy atom. The van der Waals surface area contributed by atoms with Gasteiger partial charge in [0.25, 0.3) is 0 Å². The van der Waals surface area contributed by atoms with Gasteiger partial charge in [0.15, 0.2) is 0 Å². The maximum Gasteiger partial charge on any atom is 0.244 e. The van der Waals surface area contributed by atoms with Crippen molar-refractivity contribution in [2.45, 2.75) is 17.2 Å². The molecule has 0 aromatic heterocycles. The molecule has 1 aromatic carbocycles. The molecular weight excluding hydrogens is 230 g/mol. The maximum absolute atomic E-state index is 11.8. The minimum absolute atomic E-state index is 0.00980. The van der Waals surface area contributed by atoms with Crippen LogP contribution in [0.5, 0.6) is 0 Å². The molecule has 4 heteroatoms. The van der Waals surface area contributed by atoms with E-state index >= 15 is 0 Å². The van der Waals surface area contributed by atoms with E-state index in [2.05, 4.69) is 0 Å². The van der Waals surface area contributed by atoms with Crippen molar-refractivity contribution in [2.24, 2.45) is 0 Å². The Morgan fingerprint density at radius 1 is 1.53 bits per heavy atom. The van der Waals surface area contributed by atoms with Crippen molar-refractivity contribution in [3.05, 3.63) is 24.3 Å². The third kappa shape index (κ3) is 2.13. The van der Waals surface area contributed by atoms with Crippen LogP contribution >= 0.6 is 23.4 Å². The predicted octanol–water partition coefficient (Wildman–Crippen LogP) is 2.75. The Balaban J connectivity index is 2.34. The Bertz CT molecular complexity index is 381. The number of hydrogen-bond acceptors (Lipinski definition) is 2. The number of hydrogen-bond donors (Lipinski definition) is 0. The highest BCUT2D eigenvalue weighted by atomic mass is 35.5. The number of benzene rings is 1. The van der Waals surface area contributed by atoms with E-state index in [1.54, 1.807) is 23.6 Å². The lowest BCUT2D eigenvalue weighted by molar-refractivity contribution is -0.118. The topological polar surface area (TPSA) is 20.3 Å². The van der Waals surface area contributed by atoms with Gasteiger partial charge in [0.05, 0.1) is 5.69 Å². The van der Waals surface area contributed by atoms with Crippen molar-refractivity contribution >= 4 is 35.0 Å². The van der Waals surface area contributed by atoms with Crippen molar-refractivity contribution in [2.75, 3.05) is 17.2 Å². The summed E-state index contributed by atoms with van der Waals surface area (Å²) in [5, 5.41) is -0.457. The number of rotatable bonds is 1. The number of alkyl halides is 1. The minimum Gasteiger partial charge on any atom is -0.309 e. The van der Waals surface area contributed by atoms with Gasteiger partial charge in [-0.1, -0.05) is 12.1 Å². The van der Waals surface area contributed by atoms with Gasteiger partial charge >= 0.3 is 0 Å². The van der Waals surface area contributed by atoms with Crippen LogP contribution in [0.2, 0.25) is 0 Å². The molecule has 1 amide bonds. The molecular formula is C11H12ClNOS. The number of nitrogens with zero attached hydrogens (tertiary/aromatic N) is 1. The molecule has 1 aliphatic heterocycles. The van der Waals surface area contributed by atoms with E-state index in [1.165, 1.54) is 0 Å². The summed E-state index contributed by atoms with van der Waals surface area (Å²) in [5.41, 5.74) is 0.992. The second-order valence-electron chi connectivity index (χ2n) is 3.42. The largest absolute Gasteiger partial charge is 0.309 e. The van der Waals surface area contributed by atoms with Gasteiger partial charge in [0.1, 0.15) is 5.38 Å². The molecule has 0 bridgehead atoms. The van der Waals surface area contributed by atoms with E-state index in [0.29, 0.717) is 0 Å². The Hall–Kier alpha value is -0.670. The van der Waals surface area contributed by atoms with Crippen LogP contribution in [0.4, 0.5) is 5.69 Å². The summed E-state index contributed by atoms with van der Waals surface area (Å²) in [6.07, 6.45) is 0. The number of amides is 1. The molecule has 0 spiro atoms. The summed E-state index contributed by atoms with van der Waals surface area (Å²) in [5.74, 6) is 0.927. The first-order valence-corrected chi connectivity index (χ1v) is 6.29. The van der Waals surface area contributed by atoms with Gasteiger partial charge in [-0.05, 0) is 19.1 Å². The monoisotopic (exact) mass is 241 g/mol. The molecule has 0 saturated carbocycles. The van der Waals surface area contributed by atoms with Crippen molar-refractivity contribution in [1.29, 1.82) is 0 Å². The van der Waals surface area contributed by atoms with Crippen LogP contribution in [0, 0.1) is 0 Å². The summed E-state index contributed by atoms with van der Waals surface area (Å²) in [4.78, 5) is 14.8. The number of anilines is 1. The van der Waals surface area contributed by atoms with Gasteiger partial charge in [0, 0.05) is 17.2 Å². The molecule has 1 heterocycles. The highest BCUT2D eigenvalue weighted by molar-refractivity contribution is 7.99. The van der Waals surface area contributed by atoms with E-state index < -0.39 is 5.38 Å². The molecule has 1 atom stereocenters. The van der Waals surface area contributed by atoms with Gasteiger partial charge in [-0.25, -0.2) is 0 Å². The number of halogens is 1. The van der Waals surface area contributed by atoms with Gasteiger partial charge in [0.2, 0.25) is 5.91 Å². The Morgan fingerprint density at radius 2 is 2.27 bits per heavy atom. The average molecular weight is 242 g/mol. The SMILES string of the molecule is C[C@H](Cl)C(=O)N1CCSc2ccccc21. The second-order valence-corrected chi connectivity index (χ2v) is 5.21. The Labute approximate surface area is 98.6 Å². The van der Waals surface area contributed by atoms with E-state index in [4.69, 9.17) is 11.6 Å². The normalized spacial score (nSPS) is 17.1. The molecule has 2 nitrogen and oxygen atoms in total. The summed E-state index contributed by atoms with van der Waals surface area (Å²) in [7, 11) is 0. The van der Waals surface area contributed by atoms with Gasteiger partial charge < -0.3 is 4.90 Å². The summed E-state index contributed by atoms with van der Waals surface area (Å²) >= 11 is 7.61. The molecule has 0 unspecified atom stereocenters. The maximum atomic E-state index is 11.8.